The first-order chi connectivity index (χ1) is 8.13. The summed E-state index contributed by atoms with van der Waals surface area (Å²) in [5.74, 6) is 0.464. The van der Waals surface area contributed by atoms with Crippen molar-refractivity contribution in [2.24, 2.45) is 5.92 Å². The molecule has 0 radical (unpaired) electrons. The lowest BCUT2D eigenvalue weighted by atomic mass is 9.90. The summed E-state index contributed by atoms with van der Waals surface area (Å²) < 4.78 is 0. The van der Waals surface area contributed by atoms with Crippen molar-refractivity contribution >= 4 is 0 Å². The highest BCUT2D eigenvalue weighted by Crippen LogP contribution is 2.38. The predicted octanol–water partition coefficient (Wildman–Crippen LogP) is 3.19. The summed E-state index contributed by atoms with van der Waals surface area (Å²) in [6.07, 6.45) is 1.62. The number of aliphatic hydroxyl groups is 1. The Kier molecular flexibility index (Phi) is 3.49. The summed E-state index contributed by atoms with van der Waals surface area (Å²) in [6, 6.07) is 10.3. The van der Waals surface area contributed by atoms with E-state index in [-0.39, 0.29) is 5.92 Å². The van der Waals surface area contributed by atoms with Gasteiger partial charge in [-0.25, -0.2) is 0 Å². The number of nitrogens with zero attached hydrogens (tertiary/aromatic N) is 1. The van der Waals surface area contributed by atoms with Crippen LogP contribution in [0.1, 0.15) is 49.7 Å². The Morgan fingerprint density at radius 2 is 1.71 bits per heavy atom. The van der Waals surface area contributed by atoms with Crippen LogP contribution < -0.4 is 0 Å². The Labute approximate surface area is 103 Å². The molecule has 1 saturated carbocycles. The first-order valence-electron chi connectivity index (χ1n) is 6.31. The topological polar surface area (TPSA) is 44.0 Å². The lowest BCUT2D eigenvalue weighted by molar-refractivity contribution is 0.138. The molecule has 2 unspecified atom stereocenters. The second-order valence-electron chi connectivity index (χ2n) is 5.26. The fourth-order valence-corrected chi connectivity index (χ4v) is 2.15. The van der Waals surface area contributed by atoms with E-state index < -0.39 is 6.10 Å². The van der Waals surface area contributed by atoms with E-state index in [4.69, 9.17) is 0 Å². The van der Waals surface area contributed by atoms with Crippen LogP contribution in [0.2, 0.25) is 0 Å². The number of nitriles is 1. The van der Waals surface area contributed by atoms with Crippen molar-refractivity contribution in [2.75, 3.05) is 0 Å². The molecule has 1 aliphatic rings. The zero-order valence-corrected chi connectivity index (χ0v) is 10.4. The van der Waals surface area contributed by atoms with Crippen molar-refractivity contribution < 1.29 is 5.11 Å². The van der Waals surface area contributed by atoms with E-state index in [0.717, 1.165) is 18.4 Å². The second-order valence-corrected chi connectivity index (χ2v) is 5.26. The van der Waals surface area contributed by atoms with Crippen LogP contribution in [0.5, 0.6) is 0 Å². The fourth-order valence-electron chi connectivity index (χ4n) is 2.15. The number of aliphatic hydroxyl groups excluding tert-OH is 1. The summed E-state index contributed by atoms with van der Waals surface area (Å²) in [7, 11) is 0. The van der Waals surface area contributed by atoms with Gasteiger partial charge < -0.3 is 5.11 Å². The van der Waals surface area contributed by atoms with Gasteiger partial charge in [0.15, 0.2) is 0 Å². The molecule has 0 aliphatic heterocycles. The summed E-state index contributed by atoms with van der Waals surface area (Å²) in [6.45, 7) is 4.30. The summed E-state index contributed by atoms with van der Waals surface area (Å²) in [4.78, 5) is 0. The maximum atomic E-state index is 10.1. The molecule has 1 aromatic carbocycles. The molecule has 2 rings (SSSR count). The SMILES string of the molecule is CC(C)c1ccc(C(C#N)C(O)C2CC2)cc1. The van der Waals surface area contributed by atoms with Crippen LogP contribution in [-0.4, -0.2) is 11.2 Å². The molecule has 1 fully saturated rings. The van der Waals surface area contributed by atoms with Crippen LogP contribution in [0.25, 0.3) is 0 Å². The first-order valence-corrected chi connectivity index (χ1v) is 6.31. The minimum absolute atomic E-state index is 0.337. The Morgan fingerprint density at radius 3 is 2.12 bits per heavy atom. The van der Waals surface area contributed by atoms with Gasteiger partial charge in [-0.05, 0) is 35.8 Å². The van der Waals surface area contributed by atoms with Gasteiger partial charge in [-0.3, -0.25) is 0 Å². The molecule has 0 aromatic heterocycles. The van der Waals surface area contributed by atoms with E-state index in [1.54, 1.807) is 0 Å². The Bertz CT molecular complexity index is 412. The van der Waals surface area contributed by atoms with Crippen molar-refractivity contribution in [3.05, 3.63) is 35.4 Å². The van der Waals surface area contributed by atoms with Crippen molar-refractivity contribution in [1.29, 1.82) is 5.26 Å². The van der Waals surface area contributed by atoms with Gasteiger partial charge in [-0.2, -0.15) is 5.26 Å². The van der Waals surface area contributed by atoms with Gasteiger partial charge in [0.1, 0.15) is 0 Å². The van der Waals surface area contributed by atoms with Crippen LogP contribution >= 0.6 is 0 Å². The molecular weight excluding hydrogens is 210 g/mol. The lowest BCUT2D eigenvalue weighted by Gasteiger charge is -2.17. The van der Waals surface area contributed by atoms with Gasteiger partial charge in [0.25, 0.3) is 0 Å². The van der Waals surface area contributed by atoms with E-state index in [1.165, 1.54) is 5.56 Å². The second kappa shape index (κ2) is 4.89. The summed E-state index contributed by atoms with van der Waals surface area (Å²) in [5, 5.41) is 19.3. The molecule has 17 heavy (non-hydrogen) atoms. The highest BCUT2D eigenvalue weighted by Gasteiger charge is 2.36. The average molecular weight is 229 g/mol. The van der Waals surface area contributed by atoms with Gasteiger partial charge in [0.2, 0.25) is 0 Å². The average Bonchev–Trinajstić information content (AvgIpc) is 3.14. The van der Waals surface area contributed by atoms with Crippen molar-refractivity contribution in [1.82, 2.24) is 0 Å². The Morgan fingerprint density at radius 1 is 1.18 bits per heavy atom. The number of benzene rings is 1. The first kappa shape index (κ1) is 12.1. The third-order valence-electron chi connectivity index (χ3n) is 3.55. The lowest BCUT2D eigenvalue weighted by Crippen LogP contribution is -2.19. The molecule has 0 heterocycles. The fraction of sp³-hybridized carbons (Fsp3) is 0.533. The number of hydrogen-bond donors (Lipinski definition) is 1. The Balaban J connectivity index is 2.16. The Hall–Kier alpha value is -1.33. The van der Waals surface area contributed by atoms with Crippen molar-refractivity contribution in [3.63, 3.8) is 0 Å². The number of hydrogen-bond acceptors (Lipinski definition) is 2. The molecule has 1 aromatic rings. The monoisotopic (exact) mass is 229 g/mol. The van der Waals surface area contributed by atoms with Crippen LogP contribution in [-0.2, 0) is 0 Å². The molecule has 0 saturated heterocycles. The molecule has 2 heteroatoms. The van der Waals surface area contributed by atoms with E-state index in [0.29, 0.717) is 11.8 Å². The van der Waals surface area contributed by atoms with Crippen molar-refractivity contribution in [3.8, 4) is 6.07 Å². The molecule has 0 amide bonds. The van der Waals surface area contributed by atoms with E-state index >= 15 is 0 Å². The molecule has 2 nitrogen and oxygen atoms in total. The molecule has 1 N–H and O–H groups in total. The minimum Gasteiger partial charge on any atom is -0.391 e. The van der Waals surface area contributed by atoms with E-state index in [1.807, 2.05) is 12.1 Å². The largest absolute Gasteiger partial charge is 0.391 e. The van der Waals surface area contributed by atoms with Gasteiger partial charge >= 0.3 is 0 Å². The highest BCUT2D eigenvalue weighted by atomic mass is 16.3. The van der Waals surface area contributed by atoms with Crippen LogP contribution in [0.4, 0.5) is 0 Å². The van der Waals surface area contributed by atoms with Gasteiger partial charge in [-0.15, -0.1) is 0 Å². The number of rotatable bonds is 4. The van der Waals surface area contributed by atoms with Crippen LogP contribution in [0.3, 0.4) is 0 Å². The smallest absolute Gasteiger partial charge is 0.0974 e. The van der Waals surface area contributed by atoms with Gasteiger partial charge in [-0.1, -0.05) is 38.1 Å². The summed E-state index contributed by atoms with van der Waals surface area (Å²) in [5.41, 5.74) is 2.21. The zero-order chi connectivity index (χ0) is 12.4. The van der Waals surface area contributed by atoms with Crippen LogP contribution in [0.15, 0.2) is 24.3 Å². The third-order valence-corrected chi connectivity index (χ3v) is 3.55. The predicted molar refractivity (Wildman–Crippen MR) is 67.6 cm³/mol. The molecule has 1 aliphatic carbocycles. The van der Waals surface area contributed by atoms with Gasteiger partial charge in [0, 0.05) is 0 Å². The van der Waals surface area contributed by atoms with Gasteiger partial charge in [0.05, 0.1) is 18.1 Å². The van der Waals surface area contributed by atoms with Crippen molar-refractivity contribution in [2.45, 2.75) is 44.6 Å². The molecule has 2 atom stereocenters. The summed E-state index contributed by atoms with van der Waals surface area (Å²) >= 11 is 0. The maximum absolute atomic E-state index is 10.1. The van der Waals surface area contributed by atoms with E-state index in [2.05, 4.69) is 32.0 Å². The van der Waals surface area contributed by atoms with Crippen LogP contribution in [0, 0.1) is 17.2 Å². The standard InChI is InChI=1S/C15H19NO/c1-10(2)11-3-5-12(6-4-11)14(9-16)15(17)13-7-8-13/h3-6,10,13-15,17H,7-8H2,1-2H3. The van der Waals surface area contributed by atoms with E-state index in [9.17, 15) is 10.4 Å². The zero-order valence-electron chi connectivity index (χ0n) is 10.4. The highest BCUT2D eigenvalue weighted by molar-refractivity contribution is 5.31. The minimum atomic E-state index is -0.495. The molecule has 0 bridgehead atoms. The molecular formula is C15H19NO. The maximum Gasteiger partial charge on any atom is 0.0974 e. The normalized spacial score (nSPS) is 18.8. The quantitative estimate of drug-likeness (QED) is 0.861. The molecule has 0 spiro atoms. The molecule has 90 valence electrons. The third kappa shape index (κ3) is 2.68.